The summed E-state index contributed by atoms with van der Waals surface area (Å²) in [5.41, 5.74) is 15.2. The number of rotatable bonds is 12. The van der Waals surface area contributed by atoms with Crippen LogP contribution in [0.25, 0.3) is 27.6 Å². The molecule has 5 heteroatoms. The highest BCUT2D eigenvalue weighted by Crippen LogP contribution is 2.47. The van der Waals surface area contributed by atoms with Gasteiger partial charge < -0.3 is 9.80 Å². The number of pyridine rings is 1. The highest BCUT2D eigenvalue weighted by molar-refractivity contribution is 7.20. The molecule has 3 heterocycles. The molecule has 1 aliphatic heterocycles. The van der Waals surface area contributed by atoms with E-state index in [2.05, 4.69) is 344 Å². The topological polar surface area (TPSA) is 24.3 Å². The molecule has 0 bridgehead atoms. The first-order chi connectivity index (χ1) is 40.5. The maximum Gasteiger partial charge on any atom is 0.179 e. The van der Waals surface area contributed by atoms with E-state index in [9.17, 15) is 0 Å². The molecule has 2 aromatic heterocycles. The smallest absolute Gasteiger partial charge is 0.179 e. The summed E-state index contributed by atoms with van der Waals surface area (Å²) in [6.45, 7) is 21.7. The van der Waals surface area contributed by atoms with E-state index >= 15 is 0 Å². The van der Waals surface area contributed by atoms with Crippen LogP contribution >= 0.6 is 0 Å². The molecule has 0 fully saturated rings. The lowest BCUT2D eigenvalue weighted by molar-refractivity contribution is 0.568. The molecule has 4 nitrogen and oxygen atoms in total. The number of para-hydroxylation sites is 2. The van der Waals surface area contributed by atoms with Crippen molar-refractivity contribution < 1.29 is 0 Å². The summed E-state index contributed by atoms with van der Waals surface area (Å²) in [6, 6.07) is 100. The quantitative estimate of drug-likeness (QED) is 0.0900. The van der Waals surface area contributed by atoms with Crippen LogP contribution in [-0.4, -0.2) is 24.3 Å². The Morgan fingerprint density at radius 3 is 1.39 bits per heavy atom. The van der Waals surface area contributed by atoms with E-state index < -0.39 is 13.5 Å². The number of nitrogens with zero attached hydrogens (tertiary/aromatic N) is 4. The number of benzene rings is 10. The zero-order chi connectivity index (χ0) is 58.0. The average Bonchev–Trinajstić information content (AvgIpc) is 1.58. The Kier molecular flexibility index (Phi) is 13.6. The Bertz CT molecular complexity index is 4230. The molecular formula is C79H74N4Si. The van der Waals surface area contributed by atoms with Crippen LogP contribution in [0.2, 0.25) is 0 Å². The van der Waals surface area contributed by atoms with Crippen LogP contribution in [-0.2, 0) is 21.7 Å². The van der Waals surface area contributed by atoms with Gasteiger partial charge in [0.05, 0.1) is 22.4 Å². The van der Waals surface area contributed by atoms with Gasteiger partial charge in [-0.1, -0.05) is 256 Å². The van der Waals surface area contributed by atoms with E-state index in [-0.39, 0.29) is 16.2 Å². The Balaban J connectivity index is 1.04. The summed E-state index contributed by atoms with van der Waals surface area (Å²) in [7, 11) is -3.19. The van der Waals surface area contributed by atoms with Crippen molar-refractivity contribution >= 4 is 73.4 Å². The van der Waals surface area contributed by atoms with Crippen molar-refractivity contribution in [3.63, 3.8) is 0 Å². The van der Waals surface area contributed by atoms with Gasteiger partial charge in [0.2, 0.25) is 0 Å². The third-order valence-electron chi connectivity index (χ3n) is 18.4. The zero-order valence-electron chi connectivity index (χ0n) is 50.0. The van der Waals surface area contributed by atoms with Gasteiger partial charge in [-0.3, -0.25) is 4.57 Å². The van der Waals surface area contributed by atoms with Crippen molar-refractivity contribution in [2.24, 2.45) is 0 Å². The molecule has 10 aromatic carbocycles. The van der Waals surface area contributed by atoms with Gasteiger partial charge in [-0.05, 0) is 144 Å². The highest BCUT2D eigenvalue weighted by atomic mass is 28.3. The van der Waals surface area contributed by atoms with Crippen molar-refractivity contribution in [2.75, 3.05) is 16.5 Å². The number of fused-ring (bicyclic) bond motifs is 4. The van der Waals surface area contributed by atoms with Gasteiger partial charge in [-0.2, -0.15) is 0 Å². The number of hydrogen-bond acceptors (Lipinski definition) is 3. The van der Waals surface area contributed by atoms with Gasteiger partial charge in [0.25, 0.3) is 0 Å². The summed E-state index contributed by atoms with van der Waals surface area (Å²) >= 11 is 0. The van der Waals surface area contributed by atoms with Crippen LogP contribution in [0.3, 0.4) is 0 Å². The second-order valence-electron chi connectivity index (χ2n) is 25.8. The molecule has 0 atom stereocenters. The van der Waals surface area contributed by atoms with Crippen LogP contribution < -0.4 is 30.5 Å². The number of hydrogen-bond donors (Lipinski definition) is 0. The van der Waals surface area contributed by atoms with E-state index in [0.29, 0.717) is 6.67 Å². The van der Waals surface area contributed by atoms with Crippen molar-refractivity contribution in [3.05, 3.63) is 312 Å². The lowest BCUT2D eigenvalue weighted by Crippen LogP contribution is -2.74. The predicted octanol–water partition coefficient (Wildman–Crippen LogP) is 17.1. The van der Waals surface area contributed by atoms with E-state index in [1.807, 2.05) is 6.20 Å². The zero-order valence-corrected chi connectivity index (χ0v) is 51.0. The van der Waals surface area contributed by atoms with Crippen LogP contribution in [0.15, 0.2) is 273 Å². The minimum Gasteiger partial charge on any atom is -0.321 e. The molecule has 84 heavy (non-hydrogen) atoms. The second-order valence-corrected chi connectivity index (χ2v) is 29.6. The Hall–Kier alpha value is -9.03. The van der Waals surface area contributed by atoms with Gasteiger partial charge in [0, 0.05) is 39.2 Å². The molecule has 414 valence electrons. The molecule has 0 spiro atoms. The van der Waals surface area contributed by atoms with Crippen molar-refractivity contribution in [2.45, 2.75) is 84.0 Å². The first-order valence-corrected chi connectivity index (χ1v) is 31.8. The summed E-state index contributed by atoms with van der Waals surface area (Å²) in [5, 5.41) is 7.64. The molecule has 0 aliphatic carbocycles. The number of aromatic nitrogens is 2. The average molecular weight is 1110 g/mol. The van der Waals surface area contributed by atoms with Crippen LogP contribution in [0.4, 0.5) is 22.7 Å². The summed E-state index contributed by atoms with van der Waals surface area (Å²) in [4.78, 5) is 10.4. The normalized spacial score (nSPS) is 13.2. The molecule has 0 saturated heterocycles. The molecule has 0 amide bonds. The SMILES string of the molecule is CC(C)(C)c1cc(N2CN(c3cccc([Si](c4ccccc4)(c4ccccc4)c4ccc5c6cc(C(C)(C)c7ccccc7)ccc6n(-c6cc(C(C)(c7ccccc7)c7ccccc7)ccn6)c5c4)c3)c3ccccc32)cc(C(C)(C)C)c1. The molecule has 12 aromatic rings. The van der Waals surface area contributed by atoms with Crippen LogP contribution in [0.5, 0.6) is 0 Å². The number of anilines is 4. The minimum atomic E-state index is -3.19. The van der Waals surface area contributed by atoms with Crippen molar-refractivity contribution in [1.29, 1.82) is 0 Å². The second kappa shape index (κ2) is 21.0. The lowest BCUT2D eigenvalue weighted by Gasteiger charge is -2.35. The summed E-state index contributed by atoms with van der Waals surface area (Å²) in [6.07, 6.45) is 2.02. The molecule has 0 saturated carbocycles. The van der Waals surface area contributed by atoms with Crippen LogP contribution in [0, 0.1) is 0 Å². The molecule has 1 aliphatic rings. The Morgan fingerprint density at radius 2 is 0.833 bits per heavy atom. The monoisotopic (exact) mass is 1110 g/mol. The molecule has 0 radical (unpaired) electrons. The van der Waals surface area contributed by atoms with E-state index in [1.54, 1.807) is 0 Å². The first kappa shape index (κ1) is 54.2. The van der Waals surface area contributed by atoms with Gasteiger partial charge >= 0.3 is 0 Å². The molecule has 0 unspecified atom stereocenters. The highest BCUT2D eigenvalue weighted by Gasteiger charge is 2.43. The van der Waals surface area contributed by atoms with Gasteiger partial charge in [-0.15, -0.1) is 0 Å². The Labute approximate surface area is 498 Å². The molecule has 0 N–H and O–H groups in total. The standard InChI is InChI=1S/C79H74N4Si/c1-76(2,3)61-48-62(77(4,5)6)50-64(49-61)82-55-81(72-40-25-26-41-73(72)82)63-34-27-39-67(53-63)84(65-35-21-13-22-36-65,66-37-23-14-24-38-66)68-43-44-69-70-51-59(78(7,8)56-28-15-10-16-29-56)42-45-71(70)83(74(69)54-68)75-52-60(46-47-80-75)79(9,57-30-17-11-18-31-57)58-32-19-12-20-33-58/h10-54H,55H2,1-9H3. The lowest BCUT2D eigenvalue weighted by atomic mass is 9.71. The fraction of sp³-hybridized carbons (Fsp3) is 0.177. The molecular weight excluding hydrogens is 1030 g/mol. The minimum absolute atomic E-state index is 0.0155. The van der Waals surface area contributed by atoms with E-state index in [1.165, 1.54) is 93.2 Å². The van der Waals surface area contributed by atoms with E-state index in [0.717, 1.165) is 16.9 Å². The van der Waals surface area contributed by atoms with Gasteiger partial charge in [0.1, 0.15) is 12.5 Å². The third kappa shape index (κ3) is 9.26. The maximum atomic E-state index is 5.37. The molecule has 13 rings (SSSR count). The fourth-order valence-electron chi connectivity index (χ4n) is 13.4. The third-order valence-corrected chi connectivity index (χ3v) is 23.1. The van der Waals surface area contributed by atoms with Crippen molar-refractivity contribution in [3.8, 4) is 5.82 Å². The Morgan fingerprint density at radius 1 is 0.333 bits per heavy atom. The first-order valence-electron chi connectivity index (χ1n) is 29.8. The maximum absolute atomic E-state index is 5.37. The van der Waals surface area contributed by atoms with Crippen molar-refractivity contribution in [1.82, 2.24) is 9.55 Å². The van der Waals surface area contributed by atoms with Crippen LogP contribution in [0.1, 0.15) is 101 Å². The summed E-state index contributed by atoms with van der Waals surface area (Å²) in [5.74, 6) is 0.881. The van der Waals surface area contributed by atoms with Gasteiger partial charge in [-0.25, -0.2) is 4.98 Å². The largest absolute Gasteiger partial charge is 0.321 e. The summed E-state index contributed by atoms with van der Waals surface area (Å²) < 4.78 is 2.45. The predicted molar refractivity (Wildman–Crippen MR) is 359 cm³/mol. The van der Waals surface area contributed by atoms with E-state index in [4.69, 9.17) is 4.98 Å². The van der Waals surface area contributed by atoms with Gasteiger partial charge in [0.15, 0.2) is 8.07 Å². The fourth-order valence-corrected chi connectivity index (χ4v) is 18.2.